The van der Waals surface area contributed by atoms with Gasteiger partial charge < -0.3 is 9.84 Å². The maximum atomic E-state index is 11.1. The van der Waals surface area contributed by atoms with Crippen LogP contribution in [0.1, 0.15) is 15.9 Å². The lowest BCUT2D eigenvalue weighted by Crippen LogP contribution is -2.01. The van der Waals surface area contributed by atoms with Crippen molar-refractivity contribution in [3.05, 3.63) is 52.5 Å². The molecule has 2 rings (SSSR count). The zero-order valence-electron chi connectivity index (χ0n) is 10.6. The van der Waals surface area contributed by atoms with Crippen molar-refractivity contribution in [1.29, 1.82) is 0 Å². The van der Waals surface area contributed by atoms with E-state index in [9.17, 15) is 4.79 Å². The lowest BCUT2D eigenvalue weighted by molar-refractivity contribution is 0.0693. The summed E-state index contributed by atoms with van der Waals surface area (Å²) in [5.74, 6) is -0.761. The Bertz CT molecular complexity index is 635. The minimum Gasteiger partial charge on any atom is -0.496 e. The number of ether oxygens (including phenoxy) is 1. The van der Waals surface area contributed by atoms with Gasteiger partial charge in [0, 0.05) is 10.6 Å². The third-order valence-corrected chi connectivity index (χ3v) is 3.16. The van der Waals surface area contributed by atoms with Crippen LogP contribution in [0.4, 0.5) is 0 Å². The highest BCUT2D eigenvalue weighted by atomic mass is 35.5. The largest absolute Gasteiger partial charge is 0.496 e. The number of carboxylic acid groups (broad SMARTS) is 1. The maximum Gasteiger partial charge on any atom is 0.339 e. The minimum atomic E-state index is -1.06. The van der Waals surface area contributed by atoms with Crippen molar-refractivity contribution in [2.24, 2.45) is 0 Å². The number of benzene rings is 2. The Morgan fingerprint density at radius 3 is 2.58 bits per heavy atom. The first kappa shape index (κ1) is 13.4. The molecule has 0 amide bonds. The molecule has 0 aliphatic rings. The van der Waals surface area contributed by atoms with Gasteiger partial charge in [-0.05, 0) is 24.6 Å². The standard InChI is InChI=1S/C15H13ClO3/c1-9-4-3-5-10(6-9)11-8-14(19-2)12(15(17)18)7-13(11)16/h3-8H,1-2H3,(H,17,18). The van der Waals surface area contributed by atoms with E-state index in [0.29, 0.717) is 10.8 Å². The van der Waals surface area contributed by atoms with Crippen molar-refractivity contribution in [2.45, 2.75) is 6.92 Å². The van der Waals surface area contributed by atoms with Crippen molar-refractivity contribution in [3.8, 4) is 16.9 Å². The summed E-state index contributed by atoms with van der Waals surface area (Å²) in [7, 11) is 1.44. The van der Waals surface area contributed by atoms with Crippen LogP contribution in [0, 0.1) is 6.92 Å². The molecule has 4 heteroatoms. The number of aryl methyl sites for hydroxylation is 1. The molecule has 0 fully saturated rings. The number of aromatic carboxylic acids is 1. The molecular formula is C15H13ClO3. The molecule has 98 valence electrons. The second kappa shape index (κ2) is 5.33. The SMILES string of the molecule is COc1cc(-c2cccc(C)c2)c(Cl)cc1C(=O)O. The monoisotopic (exact) mass is 276 g/mol. The molecule has 0 radical (unpaired) electrons. The number of halogens is 1. The smallest absolute Gasteiger partial charge is 0.339 e. The van der Waals surface area contributed by atoms with E-state index in [1.54, 1.807) is 6.07 Å². The van der Waals surface area contributed by atoms with Crippen molar-refractivity contribution in [3.63, 3.8) is 0 Å². The van der Waals surface area contributed by atoms with Gasteiger partial charge in [0.05, 0.1) is 7.11 Å². The van der Waals surface area contributed by atoms with Crippen LogP contribution in [0.15, 0.2) is 36.4 Å². The van der Waals surface area contributed by atoms with Gasteiger partial charge >= 0.3 is 5.97 Å². The zero-order valence-corrected chi connectivity index (χ0v) is 11.4. The number of methoxy groups -OCH3 is 1. The Labute approximate surface area is 116 Å². The van der Waals surface area contributed by atoms with E-state index in [2.05, 4.69) is 0 Å². The molecule has 0 aliphatic heterocycles. The molecule has 0 aromatic heterocycles. The topological polar surface area (TPSA) is 46.5 Å². The van der Waals surface area contributed by atoms with Crippen LogP contribution in [-0.2, 0) is 0 Å². The lowest BCUT2D eigenvalue weighted by Gasteiger charge is -2.11. The fraction of sp³-hybridized carbons (Fsp3) is 0.133. The highest BCUT2D eigenvalue weighted by Gasteiger charge is 2.15. The van der Waals surface area contributed by atoms with Gasteiger partial charge in [-0.2, -0.15) is 0 Å². The zero-order chi connectivity index (χ0) is 14.0. The fourth-order valence-corrected chi connectivity index (χ4v) is 2.20. The van der Waals surface area contributed by atoms with Crippen LogP contribution in [0.2, 0.25) is 5.02 Å². The van der Waals surface area contributed by atoms with Gasteiger partial charge in [0.2, 0.25) is 0 Å². The average molecular weight is 277 g/mol. The van der Waals surface area contributed by atoms with E-state index < -0.39 is 5.97 Å². The lowest BCUT2D eigenvalue weighted by atomic mass is 10.0. The van der Waals surface area contributed by atoms with Crippen molar-refractivity contribution in [1.82, 2.24) is 0 Å². The fourth-order valence-electron chi connectivity index (χ4n) is 1.92. The molecule has 2 aromatic carbocycles. The quantitative estimate of drug-likeness (QED) is 0.921. The van der Waals surface area contributed by atoms with Gasteiger partial charge in [0.1, 0.15) is 11.3 Å². The van der Waals surface area contributed by atoms with Gasteiger partial charge in [0.15, 0.2) is 0 Å². The predicted octanol–water partition coefficient (Wildman–Crippen LogP) is 4.02. The molecule has 2 aromatic rings. The summed E-state index contributed by atoms with van der Waals surface area (Å²) in [6.45, 7) is 1.99. The molecule has 0 unspecified atom stereocenters. The Balaban J connectivity index is 2.62. The first-order chi connectivity index (χ1) is 9.02. The van der Waals surface area contributed by atoms with E-state index in [1.807, 2.05) is 31.2 Å². The molecule has 19 heavy (non-hydrogen) atoms. The van der Waals surface area contributed by atoms with Crippen molar-refractivity contribution >= 4 is 17.6 Å². The Kier molecular flexibility index (Phi) is 3.76. The molecule has 3 nitrogen and oxygen atoms in total. The summed E-state index contributed by atoms with van der Waals surface area (Å²) in [4.78, 5) is 11.1. The van der Waals surface area contributed by atoms with Crippen LogP contribution in [0.5, 0.6) is 5.75 Å². The van der Waals surface area contributed by atoms with Crippen LogP contribution >= 0.6 is 11.6 Å². The van der Waals surface area contributed by atoms with Crippen LogP contribution in [0.3, 0.4) is 0 Å². The van der Waals surface area contributed by atoms with Crippen molar-refractivity contribution in [2.75, 3.05) is 7.11 Å². The number of carbonyl (C=O) groups is 1. The number of carboxylic acids is 1. The van der Waals surface area contributed by atoms with Crippen molar-refractivity contribution < 1.29 is 14.6 Å². The van der Waals surface area contributed by atoms with Gasteiger partial charge in [-0.25, -0.2) is 4.79 Å². The number of rotatable bonds is 3. The molecule has 0 bridgehead atoms. The molecular weight excluding hydrogens is 264 g/mol. The summed E-state index contributed by atoms with van der Waals surface area (Å²) in [5.41, 5.74) is 2.85. The molecule has 0 heterocycles. The van der Waals surface area contributed by atoms with Crippen LogP contribution < -0.4 is 4.74 Å². The first-order valence-corrected chi connectivity index (χ1v) is 6.08. The van der Waals surface area contributed by atoms with Gasteiger partial charge in [0.25, 0.3) is 0 Å². The van der Waals surface area contributed by atoms with Crippen LogP contribution in [0.25, 0.3) is 11.1 Å². The maximum absolute atomic E-state index is 11.1. The highest BCUT2D eigenvalue weighted by molar-refractivity contribution is 6.33. The summed E-state index contributed by atoms with van der Waals surface area (Å²) < 4.78 is 5.11. The van der Waals surface area contributed by atoms with Crippen LogP contribution in [-0.4, -0.2) is 18.2 Å². The van der Waals surface area contributed by atoms with E-state index in [1.165, 1.54) is 13.2 Å². The molecule has 0 atom stereocenters. The number of hydrogen-bond donors (Lipinski definition) is 1. The Morgan fingerprint density at radius 1 is 1.26 bits per heavy atom. The Hall–Kier alpha value is -2.00. The summed E-state index contributed by atoms with van der Waals surface area (Å²) in [6, 6.07) is 10.9. The molecule has 1 N–H and O–H groups in total. The minimum absolute atomic E-state index is 0.0592. The molecule has 0 saturated heterocycles. The molecule has 0 saturated carbocycles. The Morgan fingerprint density at radius 2 is 2.00 bits per heavy atom. The van der Waals surface area contributed by atoms with E-state index in [0.717, 1.165) is 16.7 Å². The van der Waals surface area contributed by atoms with Gasteiger partial charge in [-0.15, -0.1) is 0 Å². The van der Waals surface area contributed by atoms with E-state index >= 15 is 0 Å². The summed E-state index contributed by atoms with van der Waals surface area (Å²) in [5, 5.41) is 9.48. The highest BCUT2D eigenvalue weighted by Crippen LogP contribution is 2.34. The normalized spacial score (nSPS) is 10.3. The van der Waals surface area contributed by atoms with E-state index in [-0.39, 0.29) is 5.56 Å². The third-order valence-electron chi connectivity index (χ3n) is 2.85. The predicted molar refractivity (Wildman–Crippen MR) is 75.1 cm³/mol. The second-order valence-electron chi connectivity index (χ2n) is 4.21. The molecule has 0 spiro atoms. The van der Waals surface area contributed by atoms with Gasteiger partial charge in [-0.3, -0.25) is 0 Å². The average Bonchev–Trinajstić information content (AvgIpc) is 2.38. The first-order valence-electron chi connectivity index (χ1n) is 5.71. The third kappa shape index (κ3) is 2.71. The second-order valence-corrected chi connectivity index (χ2v) is 4.61. The number of hydrogen-bond acceptors (Lipinski definition) is 2. The summed E-state index contributed by atoms with van der Waals surface area (Å²) >= 11 is 6.17. The molecule has 0 aliphatic carbocycles. The van der Waals surface area contributed by atoms with E-state index in [4.69, 9.17) is 21.4 Å². The van der Waals surface area contributed by atoms with Gasteiger partial charge in [-0.1, -0.05) is 41.4 Å². The summed E-state index contributed by atoms with van der Waals surface area (Å²) in [6.07, 6.45) is 0.